The van der Waals surface area contributed by atoms with Gasteiger partial charge in [-0.05, 0) is 12.1 Å². The van der Waals surface area contributed by atoms with Crippen molar-refractivity contribution in [3.05, 3.63) is 24.5 Å². The molecular weight excluding hydrogens is 188 g/mol. The van der Waals surface area contributed by atoms with Crippen molar-refractivity contribution in [2.45, 2.75) is 10.9 Å². The lowest BCUT2D eigenvalue weighted by atomic mass is 10.4. The lowest BCUT2D eigenvalue weighted by Gasteiger charge is -2.02. The van der Waals surface area contributed by atoms with Gasteiger partial charge in [0.05, 0.1) is 6.04 Å². The normalized spacial score (nSPS) is 12.4. The lowest BCUT2D eigenvalue weighted by molar-refractivity contribution is 1.02. The van der Waals surface area contributed by atoms with Crippen LogP contribution in [0.5, 0.6) is 0 Å². The molecule has 1 aromatic heterocycles. The van der Waals surface area contributed by atoms with Gasteiger partial charge in [-0.2, -0.15) is 0 Å². The van der Waals surface area contributed by atoms with E-state index in [1.165, 1.54) is 0 Å². The van der Waals surface area contributed by atoms with Crippen molar-refractivity contribution in [3.63, 3.8) is 0 Å². The number of hydrogen-bond acceptors (Lipinski definition) is 4. The number of aromatic nitrogens is 1. The monoisotopic (exact) mass is 197 g/mol. The second-order valence-corrected chi connectivity index (χ2v) is 3.55. The maximum atomic E-state index is 5.57. The maximum Gasteiger partial charge on any atom is 0.0505 e. The van der Waals surface area contributed by atoms with Gasteiger partial charge in [0.1, 0.15) is 0 Å². The molecule has 4 heteroatoms. The van der Waals surface area contributed by atoms with Crippen LogP contribution in [-0.2, 0) is 0 Å². The third-order valence-corrected chi connectivity index (χ3v) is 2.66. The molecular formula is C8H9N2S2. The molecule has 1 radical (unpaired) electrons. The first kappa shape index (κ1) is 9.64. The van der Waals surface area contributed by atoms with E-state index >= 15 is 0 Å². The molecule has 0 fully saturated rings. The molecule has 2 N–H and O–H groups in total. The summed E-state index contributed by atoms with van der Waals surface area (Å²) in [5, 5.41) is 2.56. The Morgan fingerprint density at radius 2 is 2.25 bits per heavy atom. The highest BCUT2D eigenvalue weighted by Crippen LogP contribution is 2.15. The Kier molecular flexibility index (Phi) is 4.21. The van der Waals surface area contributed by atoms with Gasteiger partial charge in [0.2, 0.25) is 0 Å². The third-order valence-electron chi connectivity index (χ3n) is 1.23. The SMILES string of the molecule is NC([C]=S)CSc1ccncc1. The molecule has 0 aliphatic heterocycles. The van der Waals surface area contributed by atoms with E-state index in [1.54, 1.807) is 24.2 Å². The number of thiocarbonyl (C=S) groups is 1. The smallest absolute Gasteiger partial charge is 0.0505 e. The molecule has 63 valence electrons. The summed E-state index contributed by atoms with van der Waals surface area (Å²) in [6.45, 7) is 0. The zero-order chi connectivity index (χ0) is 8.81. The Morgan fingerprint density at radius 1 is 1.58 bits per heavy atom. The van der Waals surface area contributed by atoms with Crippen molar-refractivity contribution >= 4 is 29.3 Å². The van der Waals surface area contributed by atoms with Gasteiger partial charge in [0, 0.05) is 28.4 Å². The van der Waals surface area contributed by atoms with Crippen LogP contribution in [0.1, 0.15) is 0 Å². The van der Waals surface area contributed by atoms with Gasteiger partial charge < -0.3 is 5.73 Å². The summed E-state index contributed by atoms with van der Waals surface area (Å²) in [5.41, 5.74) is 5.57. The van der Waals surface area contributed by atoms with Crippen LogP contribution in [0.25, 0.3) is 0 Å². The largest absolute Gasteiger partial charge is 0.323 e. The van der Waals surface area contributed by atoms with Crippen LogP contribution >= 0.6 is 24.0 Å². The Labute approximate surface area is 81.6 Å². The predicted octanol–water partition coefficient (Wildman–Crippen LogP) is 1.38. The molecule has 1 unspecified atom stereocenters. The average molecular weight is 197 g/mol. The number of nitrogens with two attached hydrogens (primary N) is 1. The molecule has 0 aliphatic rings. The van der Waals surface area contributed by atoms with Crippen LogP contribution in [0.4, 0.5) is 0 Å². The fourth-order valence-electron chi connectivity index (χ4n) is 0.654. The number of rotatable bonds is 4. The number of hydrogen-bond donors (Lipinski definition) is 1. The molecule has 1 aromatic rings. The van der Waals surface area contributed by atoms with E-state index in [9.17, 15) is 0 Å². The van der Waals surface area contributed by atoms with Gasteiger partial charge in [-0.1, -0.05) is 12.2 Å². The van der Waals surface area contributed by atoms with Crippen molar-refractivity contribution in [2.24, 2.45) is 5.73 Å². The highest BCUT2D eigenvalue weighted by molar-refractivity contribution is 7.99. The van der Waals surface area contributed by atoms with E-state index < -0.39 is 0 Å². The summed E-state index contributed by atoms with van der Waals surface area (Å²) in [6.07, 6.45) is 3.52. The molecule has 1 heterocycles. The highest BCUT2D eigenvalue weighted by Gasteiger charge is 1.98. The van der Waals surface area contributed by atoms with Gasteiger partial charge in [-0.3, -0.25) is 4.98 Å². The molecule has 2 nitrogen and oxygen atoms in total. The molecule has 0 saturated carbocycles. The second-order valence-electron chi connectivity index (χ2n) is 2.22. The maximum absolute atomic E-state index is 5.57. The third kappa shape index (κ3) is 3.30. The molecule has 0 aromatic carbocycles. The fraction of sp³-hybridized carbons (Fsp3) is 0.250. The summed E-state index contributed by atoms with van der Waals surface area (Å²) in [5.74, 6) is 0.771. The van der Waals surface area contributed by atoms with E-state index in [4.69, 9.17) is 5.73 Å². The minimum atomic E-state index is -0.127. The average Bonchev–Trinajstić information content (AvgIpc) is 2.16. The molecule has 0 amide bonds. The van der Waals surface area contributed by atoms with E-state index in [0.29, 0.717) is 0 Å². The molecule has 1 atom stereocenters. The first-order valence-corrected chi connectivity index (χ1v) is 4.88. The zero-order valence-corrected chi connectivity index (χ0v) is 8.07. The van der Waals surface area contributed by atoms with Crippen molar-refractivity contribution < 1.29 is 0 Å². The van der Waals surface area contributed by atoms with Crippen molar-refractivity contribution in [1.29, 1.82) is 0 Å². The van der Waals surface area contributed by atoms with Crippen LogP contribution in [0.2, 0.25) is 0 Å². The minimum absolute atomic E-state index is 0.127. The Morgan fingerprint density at radius 3 is 2.83 bits per heavy atom. The van der Waals surface area contributed by atoms with E-state index in [1.807, 2.05) is 12.1 Å². The molecule has 1 rings (SSSR count). The Hall–Kier alpha value is -0.450. The number of pyridine rings is 1. The topological polar surface area (TPSA) is 38.9 Å². The quantitative estimate of drug-likeness (QED) is 0.584. The first-order valence-electron chi connectivity index (χ1n) is 3.49. The van der Waals surface area contributed by atoms with Crippen LogP contribution in [0, 0.1) is 0 Å². The standard InChI is InChI=1S/C8H9N2S2/c9-7(5-11)6-12-8-1-3-10-4-2-8/h1-4,7H,6,9H2. The summed E-state index contributed by atoms with van der Waals surface area (Å²) >= 11 is 6.25. The molecule has 0 aliphatic carbocycles. The number of nitrogens with zero attached hydrogens (tertiary/aromatic N) is 1. The van der Waals surface area contributed by atoms with E-state index in [-0.39, 0.29) is 6.04 Å². The summed E-state index contributed by atoms with van der Waals surface area (Å²) < 4.78 is 0. The zero-order valence-electron chi connectivity index (χ0n) is 6.43. The minimum Gasteiger partial charge on any atom is -0.323 e. The molecule has 0 saturated heterocycles. The van der Waals surface area contributed by atoms with E-state index in [2.05, 4.69) is 22.6 Å². The molecule has 0 bridgehead atoms. The summed E-state index contributed by atoms with van der Waals surface area (Å²) in [6, 6.07) is 3.76. The lowest BCUT2D eigenvalue weighted by Crippen LogP contribution is -2.23. The van der Waals surface area contributed by atoms with Crippen molar-refractivity contribution in [2.75, 3.05) is 5.75 Å². The van der Waals surface area contributed by atoms with Gasteiger partial charge in [-0.15, -0.1) is 11.8 Å². The summed E-state index contributed by atoms with van der Waals surface area (Å²) in [4.78, 5) is 5.07. The number of thioether (sulfide) groups is 1. The molecule has 0 spiro atoms. The highest BCUT2D eigenvalue weighted by atomic mass is 32.2. The van der Waals surface area contributed by atoms with Crippen molar-refractivity contribution in [3.8, 4) is 0 Å². The Bertz CT molecular complexity index is 238. The van der Waals surface area contributed by atoms with E-state index in [0.717, 1.165) is 10.6 Å². The molecule has 12 heavy (non-hydrogen) atoms. The van der Waals surface area contributed by atoms with Crippen LogP contribution < -0.4 is 5.73 Å². The summed E-state index contributed by atoms with van der Waals surface area (Å²) in [7, 11) is 0. The first-order chi connectivity index (χ1) is 5.83. The van der Waals surface area contributed by atoms with Gasteiger partial charge in [0.25, 0.3) is 0 Å². The second kappa shape index (κ2) is 5.24. The van der Waals surface area contributed by atoms with Crippen LogP contribution in [0.3, 0.4) is 0 Å². The van der Waals surface area contributed by atoms with Crippen LogP contribution in [-0.4, -0.2) is 22.1 Å². The van der Waals surface area contributed by atoms with Gasteiger partial charge in [0.15, 0.2) is 0 Å². The Balaban J connectivity index is 2.38. The van der Waals surface area contributed by atoms with Crippen LogP contribution in [0.15, 0.2) is 29.4 Å². The van der Waals surface area contributed by atoms with Gasteiger partial charge >= 0.3 is 0 Å². The van der Waals surface area contributed by atoms with Gasteiger partial charge in [-0.25, -0.2) is 0 Å². The predicted molar refractivity (Wildman–Crippen MR) is 55.5 cm³/mol. The van der Waals surface area contributed by atoms with Crippen molar-refractivity contribution in [1.82, 2.24) is 4.98 Å². The fourth-order valence-corrected chi connectivity index (χ4v) is 1.61.